The van der Waals surface area contributed by atoms with Crippen LogP contribution >= 0.6 is 11.3 Å². The van der Waals surface area contributed by atoms with E-state index in [0.29, 0.717) is 37.1 Å². The minimum atomic E-state index is -0.722. The van der Waals surface area contributed by atoms with Crippen LogP contribution in [0.15, 0.2) is 30.3 Å². The molecule has 1 amide bonds. The Morgan fingerprint density at radius 2 is 1.82 bits per heavy atom. The Hall–Kier alpha value is -3.08. The van der Waals surface area contributed by atoms with E-state index in [9.17, 15) is 9.90 Å². The van der Waals surface area contributed by atoms with Crippen LogP contribution in [-0.2, 0) is 11.2 Å². The third-order valence-corrected chi connectivity index (χ3v) is 8.90. The summed E-state index contributed by atoms with van der Waals surface area (Å²) in [6.45, 7) is 9.86. The summed E-state index contributed by atoms with van der Waals surface area (Å²) in [5.41, 5.74) is 1.94. The smallest absolute Gasteiger partial charge is 0.264 e. The van der Waals surface area contributed by atoms with Gasteiger partial charge in [0.05, 0.1) is 44.9 Å². The number of carbonyl (C=O) groups excluding carboxylic acids is 1. The number of thiophene rings is 1. The number of para-hydroxylation sites is 2. The van der Waals surface area contributed by atoms with Crippen LogP contribution in [0.4, 0.5) is 5.82 Å². The van der Waals surface area contributed by atoms with Gasteiger partial charge < -0.3 is 19.6 Å². The zero-order valence-electron chi connectivity index (χ0n) is 22.2. The number of imidazole rings is 1. The molecule has 0 spiro atoms. The molecule has 2 aliphatic heterocycles. The number of nitrogens with zero attached hydrogens (tertiary/aromatic N) is 6. The van der Waals surface area contributed by atoms with Crippen molar-refractivity contribution in [2.45, 2.75) is 45.6 Å². The van der Waals surface area contributed by atoms with Crippen LogP contribution in [0.2, 0.25) is 0 Å². The predicted molar refractivity (Wildman–Crippen MR) is 149 cm³/mol. The molecule has 0 aliphatic carbocycles. The van der Waals surface area contributed by atoms with Crippen molar-refractivity contribution in [2.24, 2.45) is 5.92 Å². The molecule has 0 atom stereocenters. The highest BCUT2D eigenvalue weighted by molar-refractivity contribution is 7.21. The van der Waals surface area contributed by atoms with Gasteiger partial charge in [-0.05, 0) is 50.8 Å². The average molecular weight is 535 g/mol. The molecule has 3 aromatic heterocycles. The summed E-state index contributed by atoms with van der Waals surface area (Å²) in [6.07, 6.45) is 2.35. The highest BCUT2D eigenvalue weighted by atomic mass is 32.1. The molecule has 0 saturated carbocycles. The van der Waals surface area contributed by atoms with Crippen LogP contribution in [0.25, 0.3) is 27.2 Å². The van der Waals surface area contributed by atoms with E-state index in [4.69, 9.17) is 19.7 Å². The molecular formula is C28H34N6O3S. The monoisotopic (exact) mass is 534 g/mol. The van der Waals surface area contributed by atoms with Crippen LogP contribution in [0.5, 0.6) is 0 Å². The van der Waals surface area contributed by atoms with Gasteiger partial charge in [-0.3, -0.25) is 9.36 Å². The summed E-state index contributed by atoms with van der Waals surface area (Å²) in [5, 5.41) is 10.4. The quantitative estimate of drug-likeness (QED) is 0.413. The number of fused-ring (bicyclic) bond motifs is 2. The van der Waals surface area contributed by atoms with Gasteiger partial charge in [-0.1, -0.05) is 19.1 Å². The Morgan fingerprint density at radius 3 is 2.53 bits per heavy atom. The van der Waals surface area contributed by atoms with Crippen LogP contribution < -0.4 is 4.90 Å². The first-order valence-electron chi connectivity index (χ1n) is 13.5. The number of benzene rings is 1. The molecule has 10 heteroatoms. The predicted octanol–water partition coefficient (Wildman–Crippen LogP) is 4.05. The van der Waals surface area contributed by atoms with Crippen molar-refractivity contribution >= 4 is 44.3 Å². The molecule has 1 N–H and O–H groups in total. The SMILES string of the molecule is CCc1nc2ccccc2n1-c1nc(N2CCOCC2)c2sc(C(=O)N3CCC(C(C)(C)O)CC3)cc2n1. The van der Waals surface area contributed by atoms with E-state index >= 15 is 0 Å². The summed E-state index contributed by atoms with van der Waals surface area (Å²) < 4.78 is 8.57. The van der Waals surface area contributed by atoms with Gasteiger partial charge in [0, 0.05) is 32.6 Å². The fraction of sp³-hybridized carbons (Fsp3) is 0.500. The first-order chi connectivity index (χ1) is 18.3. The second-order valence-electron chi connectivity index (χ2n) is 10.7. The van der Waals surface area contributed by atoms with Crippen LogP contribution in [0.3, 0.4) is 0 Å². The molecule has 2 aliphatic rings. The van der Waals surface area contributed by atoms with E-state index < -0.39 is 5.60 Å². The third kappa shape index (κ3) is 4.54. The lowest BCUT2D eigenvalue weighted by molar-refractivity contribution is -0.0107. The van der Waals surface area contributed by atoms with E-state index in [0.717, 1.165) is 65.2 Å². The zero-order chi connectivity index (χ0) is 26.4. The molecule has 4 aromatic rings. The van der Waals surface area contributed by atoms with Gasteiger partial charge in [0.25, 0.3) is 5.91 Å². The summed E-state index contributed by atoms with van der Waals surface area (Å²) >= 11 is 1.47. The van der Waals surface area contributed by atoms with Crippen LogP contribution in [0.1, 0.15) is 49.1 Å². The molecule has 0 radical (unpaired) electrons. The van der Waals surface area contributed by atoms with Crippen molar-refractivity contribution in [3.05, 3.63) is 41.0 Å². The molecule has 5 heterocycles. The number of aromatic nitrogens is 4. The number of aliphatic hydroxyl groups is 1. The summed E-state index contributed by atoms with van der Waals surface area (Å²) in [5.74, 6) is 2.55. The second kappa shape index (κ2) is 9.91. The van der Waals surface area contributed by atoms with Crippen molar-refractivity contribution in [2.75, 3.05) is 44.3 Å². The zero-order valence-corrected chi connectivity index (χ0v) is 23.0. The number of ether oxygens (including phenoxy) is 1. The van der Waals surface area contributed by atoms with Gasteiger partial charge >= 0.3 is 0 Å². The molecule has 0 bridgehead atoms. The van der Waals surface area contributed by atoms with Crippen molar-refractivity contribution in [3.8, 4) is 5.95 Å². The molecule has 6 rings (SSSR count). The normalized spacial score (nSPS) is 17.6. The maximum absolute atomic E-state index is 13.6. The molecule has 2 saturated heterocycles. The lowest BCUT2D eigenvalue weighted by atomic mass is 9.83. The Bertz CT molecular complexity index is 1480. The number of likely N-dealkylation sites (tertiary alicyclic amines) is 1. The van der Waals surface area contributed by atoms with Gasteiger partial charge in [0.2, 0.25) is 5.95 Å². The lowest BCUT2D eigenvalue weighted by Crippen LogP contribution is -2.44. The first kappa shape index (κ1) is 25.2. The number of rotatable bonds is 5. The second-order valence-corrected chi connectivity index (χ2v) is 11.7. The minimum absolute atomic E-state index is 0.0269. The van der Waals surface area contributed by atoms with E-state index in [1.54, 1.807) is 0 Å². The average Bonchev–Trinajstić information content (AvgIpc) is 3.53. The van der Waals surface area contributed by atoms with Crippen molar-refractivity contribution in [1.29, 1.82) is 0 Å². The highest BCUT2D eigenvalue weighted by Gasteiger charge is 2.33. The molecule has 38 heavy (non-hydrogen) atoms. The van der Waals surface area contributed by atoms with Crippen molar-refractivity contribution in [1.82, 2.24) is 24.4 Å². The first-order valence-corrected chi connectivity index (χ1v) is 14.3. The maximum atomic E-state index is 13.6. The molecular weight excluding hydrogens is 500 g/mol. The topological polar surface area (TPSA) is 96.6 Å². The number of amides is 1. The highest BCUT2D eigenvalue weighted by Crippen LogP contribution is 2.36. The van der Waals surface area contributed by atoms with Gasteiger partial charge in [-0.25, -0.2) is 9.97 Å². The van der Waals surface area contributed by atoms with E-state index in [2.05, 4.69) is 11.8 Å². The van der Waals surface area contributed by atoms with Gasteiger partial charge in [-0.2, -0.15) is 4.98 Å². The fourth-order valence-corrected chi connectivity index (χ4v) is 6.66. The van der Waals surface area contributed by atoms with E-state index in [1.807, 2.05) is 53.6 Å². The van der Waals surface area contributed by atoms with Gasteiger partial charge in [-0.15, -0.1) is 11.3 Å². The molecule has 2 fully saturated rings. The third-order valence-electron chi connectivity index (χ3n) is 7.79. The lowest BCUT2D eigenvalue weighted by Gasteiger charge is -2.37. The van der Waals surface area contributed by atoms with Crippen LogP contribution in [-0.4, -0.2) is 80.4 Å². The number of hydrogen-bond acceptors (Lipinski definition) is 8. The largest absolute Gasteiger partial charge is 0.390 e. The Morgan fingerprint density at radius 1 is 1.08 bits per heavy atom. The van der Waals surface area contributed by atoms with Crippen molar-refractivity contribution < 1.29 is 14.6 Å². The van der Waals surface area contributed by atoms with E-state index in [1.165, 1.54) is 11.3 Å². The maximum Gasteiger partial charge on any atom is 0.264 e. The number of anilines is 1. The minimum Gasteiger partial charge on any atom is -0.390 e. The number of piperidine rings is 1. The Balaban J connectivity index is 1.41. The molecule has 1 aromatic carbocycles. The van der Waals surface area contributed by atoms with Gasteiger partial charge in [0.15, 0.2) is 5.82 Å². The Labute approximate surface area is 226 Å². The number of aryl methyl sites for hydroxylation is 1. The molecule has 0 unspecified atom stereocenters. The summed E-state index contributed by atoms with van der Waals surface area (Å²) in [6, 6.07) is 9.97. The fourth-order valence-electron chi connectivity index (χ4n) is 5.58. The van der Waals surface area contributed by atoms with E-state index in [-0.39, 0.29) is 11.8 Å². The van der Waals surface area contributed by atoms with Gasteiger partial charge in [0.1, 0.15) is 5.82 Å². The molecule has 200 valence electrons. The number of hydrogen-bond donors (Lipinski definition) is 1. The number of carbonyl (C=O) groups is 1. The number of morpholine rings is 1. The van der Waals surface area contributed by atoms with Crippen LogP contribution in [0, 0.1) is 5.92 Å². The molecule has 9 nitrogen and oxygen atoms in total. The van der Waals surface area contributed by atoms with Crippen molar-refractivity contribution in [3.63, 3.8) is 0 Å². The standard InChI is InChI=1S/C28H34N6O3S/c1-4-23-29-19-7-5-6-8-21(19)34(23)27-30-20-17-22(26(35)33-11-9-18(10-12-33)28(2,3)36)38-24(20)25(31-27)32-13-15-37-16-14-32/h5-8,17-18,36H,4,9-16H2,1-3H3. The summed E-state index contributed by atoms with van der Waals surface area (Å²) in [4.78, 5) is 33.3. The Kier molecular flexibility index (Phi) is 6.57. The summed E-state index contributed by atoms with van der Waals surface area (Å²) in [7, 11) is 0.